The second kappa shape index (κ2) is 4.81. The van der Waals surface area contributed by atoms with Gasteiger partial charge in [0.25, 0.3) is 0 Å². The molecule has 1 saturated heterocycles. The summed E-state index contributed by atoms with van der Waals surface area (Å²) in [5.74, 6) is 0. The van der Waals surface area contributed by atoms with Crippen LogP contribution in [-0.4, -0.2) is 50.3 Å². The summed E-state index contributed by atoms with van der Waals surface area (Å²) >= 11 is 0. The van der Waals surface area contributed by atoms with Crippen LogP contribution < -0.4 is 5.32 Å². The van der Waals surface area contributed by atoms with E-state index >= 15 is 0 Å². The zero-order valence-electron chi connectivity index (χ0n) is 10.1. The minimum Gasteiger partial charge on any atom is -0.378 e. The first-order chi connectivity index (χ1) is 7.29. The van der Waals surface area contributed by atoms with Crippen molar-refractivity contribution in [1.29, 1.82) is 0 Å². The van der Waals surface area contributed by atoms with E-state index in [0.717, 1.165) is 19.0 Å². The molecule has 1 aliphatic carbocycles. The number of methoxy groups -OCH3 is 1. The van der Waals surface area contributed by atoms with Crippen LogP contribution in [0.2, 0.25) is 0 Å². The maximum Gasteiger partial charge on any atom is 0.0715 e. The van der Waals surface area contributed by atoms with Crippen LogP contribution in [0, 0.1) is 0 Å². The minimum atomic E-state index is 0.161. The van der Waals surface area contributed by atoms with Crippen LogP contribution in [0.5, 0.6) is 0 Å². The number of hydrogen-bond donors (Lipinski definition) is 1. The second-order valence-electron chi connectivity index (χ2n) is 5.01. The number of ether oxygens (including phenoxy) is 1. The monoisotopic (exact) mass is 212 g/mol. The van der Waals surface area contributed by atoms with Crippen LogP contribution in [0.25, 0.3) is 0 Å². The highest BCUT2D eigenvalue weighted by molar-refractivity contribution is 4.93. The summed E-state index contributed by atoms with van der Waals surface area (Å²) in [4.78, 5) is 2.65. The van der Waals surface area contributed by atoms with Crippen LogP contribution in [0.4, 0.5) is 0 Å². The van der Waals surface area contributed by atoms with Crippen molar-refractivity contribution in [2.45, 2.75) is 43.7 Å². The van der Waals surface area contributed by atoms with Crippen molar-refractivity contribution >= 4 is 0 Å². The molecule has 88 valence electrons. The topological polar surface area (TPSA) is 24.5 Å². The molecule has 2 aliphatic rings. The predicted molar refractivity (Wildman–Crippen MR) is 62.1 cm³/mol. The summed E-state index contributed by atoms with van der Waals surface area (Å²) in [5.41, 5.74) is 0.161. The molecule has 2 fully saturated rings. The fourth-order valence-corrected chi connectivity index (χ4v) is 2.65. The van der Waals surface area contributed by atoms with Crippen LogP contribution in [-0.2, 0) is 4.74 Å². The Hall–Kier alpha value is -0.120. The van der Waals surface area contributed by atoms with E-state index in [1.165, 1.54) is 38.8 Å². The van der Waals surface area contributed by atoms with Crippen molar-refractivity contribution in [1.82, 2.24) is 10.2 Å². The van der Waals surface area contributed by atoms with Gasteiger partial charge in [-0.2, -0.15) is 0 Å². The number of nitrogens with zero attached hydrogens (tertiary/aromatic N) is 1. The van der Waals surface area contributed by atoms with Gasteiger partial charge in [-0.1, -0.05) is 0 Å². The first-order valence-electron chi connectivity index (χ1n) is 6.23. The minimum absolute atomic E-state index is 0.161. The van der Waals surface area contributed by atoms with Gasteiger partial charge in [-0.15, -0.1) is 0 Å². The largest absolute Gasteiger partial charge is 0.378 e. The van der Waals surface area contributed by atoms with Crippen molar-refractivity contribution in [2.75, 3.05) is 33.8 Å². The lowest BCUT2D eigenvalue weighted by molar-refractivity contribution is -0.0630. The lowest BCUT2D eigenvalue weighted by atomic mass is 9.87. The molecule has 3 nitrogen and oxygen atoms in total. The van der Waals surface area contributed by atoms with Gasteiger partial charge in [0.2, 0.25) is 0 Å². The maximum atomic E-state index is 5.76. The third kappa shape index (κ3) is 2.71. The van der Waals surface area contributed by atoms with E-state index in [9.17, 15) is 0 Å². The molecule has 0 aromatic rings. The van der Waals surface area contributed by atoms with Crippen molar-refractivity contribution < 1.29 is 4.74 Å². The van der Waals surface area contributed by atoms with Gasteiger partial charge >= 0.3 is 0 Å². The molecule has 0 amide bonds. The van der Waals surface area contributed by atoms with Gasteiger partial charge in [0.05, 0.1) is 5.60 Å². The third-order valence-electron chi connectivity index (χ3n) is 4.04. The summed E-state index contributed by atoms with van der Waals surface area (Å²) < 4.78 is 5.76. The highest BCUT2D eigenvalue weighted by Crippen LogP contribution is 2.35. The number of nitrogens with one attached hydrogen (secondary N) is 1. The Labute approximate surface area is 93.2 Å². The molecule has 15 heavy (non-hydrogen) atoms. The molecule has 0 bridgehead atoms. The van der Waals surface area contributed by atoms with Crippen LogP contribution in [0.1, 0.15) is 32.1 Å². The fourth-order valence-electron chi connectivity index (χ4n) is 2.65. The van der Waals surface area contributed by atoms with E-state index in [1.807, 2.05) is 14.2 Å². The molecule has 0 radical (unpaired) electrons. The van der Waals surface area contributed by atoms with Gasteiger partial charge in [-0.05, 0) is 45.7 Å². The van der Waals surface area contributed by atoms with Crippen molar-refractivity contribution in [3.63, 3.8) is 0 Å². The molecule has 2 rings (SSSR count). The molecular weight excluding hydrogens is 188 g/mol. The highest BCUT2D eigenvalue weighted by atomic mass is 16.5. The Bertz CT molecular complexity index is 196. The van der Waals surface area contributed by atoms with E-state index < -0.39 is 0 Å². The number of piperidine rings is 1. The van der Waals surface area contributed by atoms with Gasteiger partial charge in [-0.3, -0.25) is 0 Å². The Morgan fingerprint density at radius 3 is 2.47 bits per heavy atom. The fraction of sp³-hybridized carbons (Fsp3) is 1.00. The highest BCUT2D eigenvalue weighted by Gasteiger charge is 2.38. The molecule has 1 aliphatic heterocycles. The normalized spacial score (nSPS) is 26.8. The van der Waals surface area contributed by atoms with E-state index in [0.29, 0.717) is 0 Å². The standard InChI is InChI=1S/C12H24N2O/c1-13-8-5-12(15-2)6-9-14(10-7-12)11-3-4-11/h11,13H,3-10H2,1-2H3. The van der Waals surface area contributed by atoms with E-state index in [1.54, 1.807) is 0 Å². The average molecular weight is 212 g/mol. The Morgan fingerprint density at radius 1 is 1.33 bits per heavy atom. The zero-order chi connectivity index (χ0) is 10.7. The smallest absolute Gasteiger partial charge is 0.0715 e. The molecule has 1 heterocycles. The lowest BCUT2D eigenvalue weighted by Gasteiger charge is -2.41. The second-order valence-corrected chi connectivity index (χ2v) is 5.01. The van der Waals surface area contributed by atoms with Gasteiger partial charge < -0.3 is 15.0 Å². The number of hydrogen-bond acceptors (Lipinski definition) is 3. The summed E-state index contributed by atoms with van der Waals surface area (Å²) in [5, 5.41) is 3.23. The van der Waals surface area contributed by atoms with E-state index in [2.05, 4.69) is 10.2 Å². The zero-order valence-corrected chi connectivity index (χ0v) is 10.1. The molecule has 0 unspecified atom stereocenters. The lowest BCUT2D eigenvalue weighted by Crippen LogP contribution is -2.47. The molecule has 0 aromatic heterocycles. The average Bonchev–Trinajstić information content (AvgIpc) is 3.11. The molecule has 1 saturated carbocycles. The van der Waals surface area contributed by atoms with Gasteiger partial charge in [-0.25, -0.2) is 0 Å². The Balaban J connectivity index is 1.81. The first kappa shape index (κ1) is 11.4. The number of likely N-dealkylation sites (tertiary alicyclic amines) is 1. The van der Waals surface area contributed by atoms with Crippen LogP contribution >= 0.6 is 0 Å². The molecule has 3 heteroatoms. The maximum absolute atomic E-state index is 5.76. The predicted octanol–water partition coefficient (Wildman–Crippen LogP) is 1.24. The van der Waals surface area contributed by atoms with Gasteiger partial charge in [0.15, 0.2) is 0 Å². The van der Waals surface area contributed by atoms with Crippen LogP contribution in [0.3, 0.4) is 0 Å². The Morgan fingerprint density at radius 2 is 2.00 bits per heavy atom. The summed E-state index contributed by atoms with van der Waals surface area (Å²) in [6, 6.07) is 0.921. The quantitative estimate of drug-likeness (QED) is 0.742. The summed E-state index contributed by atoms with van der Waals surface area (Å²) in [6.45, 7) is 3.54. The van der Waals surface area contributed by atoms with E-state index in [-0.39, 0.29) is 5.60 Å². The van der Waals surface area contributed by atoms with Gasteiger partial charge in [0.1, 0.15) is 0 Å². The number of rotatable bonds is 5. The molecular formula is C12H24N2O. The van der Waals surface area contributed by atoms with Crippen LogP contribution in [0.15, 0.2) is 0 Å². The van der Waals surface area contributed by atoms with Crippen molar-refractivity contribution in [2.24, 2.45) is 0 Å². The molecule has 1 N–H and O–H groups in total. The third-order valence-corrected chi connectivity index (χ3v) is 4.04. The summed E-state index contributed by atoms with van der Waals surface area (Å²) in [6.07, 6.45) is 6.43. The Kier molecular flexibility index (Phi) is 3.65. The van der Waals surface area contributed by atoms with Crippen molar-refractivity contribution in [3.05, 3.63) is 0 Å². The van der Waals surface area contributed by atoms with E-state index in [4.69, 9.17) is 4.74 Å². The molecule has 0 atom stereocenters. The molecule has 0 spiro atoms. The summed E-state index contributed by atoms with van der Waals surface area (Å²) in [7, 11) is 3.89. The molecule has 0 aromatic carbocycles. The van der Waals surface area contributed by atoms with Crippen molar-refractivity contribution in [3.8, 4) is 0 Å². The SMILES string of the molecule is CNCCC1(OC)CCN(C2CC2)CC1. The van der Waals surface area contributed by atoms with Gasteiger partial charge in [0, 0.05) is 26.2 Å². The first-order valence-corrected chi connectivity index (χ1v) is 6.23.